The monoisotopic (exact) mass is 331 g/mol. The lowest BCUT2D eigenvalue weighted by molar-refractivity contribution is -0.120. The number of methoxy groups -OCH3 is 1. The van der Waals surface area contributed by atoms with E-state index in [-0.39, 0.29) is 5.91 Å². The molecule has 2 aromatic rings. The topological polar surface area (TPSA) is 55.4 Å². The summed E-state index contributed by atoms with van der Waals surface area (Å²) in [5, 5.41) is 2.27. The van der Waals surface area contributed by atoms with Crippen molar-refractivity contribution in [2.45, 2.75) is 24.5 Å². The van der Waals surface area contributed by atoms with Crippen LogP contribution in [0.1, 0.15) is 18.1 Å². The second-order valence-electron chi connectivity index (χ2n) is 5.22. The second kappa shape index (κ2) is 8.48. The SMILES string of the molecule is COc1cccc(C[S@](=O)[C@H](C)C(=O)NCc2ccccc2)c1. The Morgan fingerprint density at radius 1 is 1.13 bits per heavy atom. The summed E-state index contributed by atoms with van der Waals surface area (Å²) in [5.41, 5.74) is 1.91. The lowest BCUT2D eigenvalue weighted by atomic mass is 10.2. The van der Waals surface area contributed by atoms with Crippen LogP contribution >= 0.6 is 0 Å². The molecule has 0 aliphatic carbocycles. The quantitative estimate of drug-likeness (QED) is 0.848. The van der Waals surface area contributed by atoms with E-state index in [0.29, 0.717) is 12.3 Å². The van der Waals surface area contributed by atoms with E-state index in [1.54, 1.807) is 14.0 Å². The Balaban J connectivity index is 1.89. The summed E-state index contributed by atoms with van der Waals surface area (Å²) in [5.74, 6) is 0.854. The Labute approximate surface area is 139 Å². The molecular weight excluding hydrogens is 310 g/mol. The normalized spacial score (nSPS) is 13.1. The molecule has 0 bridgehead atoms. The molecule has 1 N–H and O–H groups in total. The second-order valence-corrected chi connectivity index (χ2v) is 6.98. The molecule has 0 saturated carbocycles. The van der Waals surface area contributed by atoms with Gasteiger partial charge in [0.15, 0.2) is 0 Å². The average Bonchev–Trinajstić information content (AvgIpc) is 2.60. The molecule has 122 valence electrons. The van der Waals surface area contributed by atoms with Crippen LogP contribution in [0.15, 0.2) is 54.6 Å². The van der Waals surface area contributed by atoms with Crippen LogP contribution in [-0.2, 0) is 27.9 Å². The maximum absolute atomic E-state index is 12.4. The fourth-order valence-electron chi connectivity index (χ4n) is 2.10. The van der Waals surface area contributed by atoms with Gasteiger partial charge in [0, 0.05) is 23.1 Å². The smallest absolute Gasteiger partial charge is 0.235 e. The highest BCUT2D eigenvalue weighted by molar-refractivity contribution is 7.85. The number of ether oxygens (including phenoxy) is 1. The number of benzene rings is 2. The number of amides is 1. The van der Waals surface area contributed by atoms with Crippen molar-refractivity contribution in [2.24, 2.45) is 0 Å². The molecule has 2 atom stereocenters. The van der Waals surface area contributed by atoms with Gasteiger partial charge in [0.2, 0.25) is 5.91 Å². The van der Waals surface area contributed by atoms with Crippen LogP contribution in [-0.4, -0.2) is 22.5 Å². The van der Waals surface area contributed by atoms with Crippen LogP contribution in [0.25, 0.3) is 0 Å². The van der Waals surface area contributed by atoms with Crippen molar-refractivity contribution in [3.8, 4) is 5.75 Å². The van der Waals surface area contributed by atoms with Gasteiger partial charge in [-0.25, -0.2) is 0 Å². The van der Waals surface area contributed by atoms with Crippen molar-refractivity contribution < 1.29 is 13.7 Å². The minimum absolute atomic E-state index is 0.199. The summed E-state index contributed by atoms with van der Waals surface area (Å²) in [6.07, 6.45) is 0. The summed E-state index contributed by atoms with van der Waals surface area (Å²) in [4.78, 5) is 12.1. The Hall–Kier alpha value is -2.14. The van der Waals surface area contributed by atoms with Crippen LogP contribution in [0.2, 0.25) is 0 Å². The molecule has 2 aromatic carbocycles. The van der Waals surface area contributed by atoms with E-state index in [0.717, 1.165) is 16.9 Å². The molecule has 0 aliphatic rings. The van der Waals surface area contributed by atoms with Crippen molar-refractivity contribution in [1.82, 2.24) is 5.32 Å². The molecule has 0 fully saturated rings. The fourth-order valence-corrected chi connectivity index (χ4v) is 3.18. The van der Waals surface area contributed by atoms with E-state index in [2.05, 4.69) is 5.32 Å². The first kappa shape index (κ1) is 17.2. The number of carbonyl (C=O) groups is 1. The lowest BCUT2D eigenvalue weighted by Gasteiger charge is -2.12. The van der Waals surface area contributed by atoms with Gasteiger partial charge in [-0.1, -0.05) is 42.5 Å². The standard InChI is InChI=1S/C18H21NO3S/c1-14(18(20)19-12-15-7-4-3-5-8-15)23(21)13-16-9-6-10-17(11-16)22-2/h3-11,14H,12-13H2,1-2H3,(H,19,20)/t14-,23+/m1/s1. The largest absolute Gasteiger partial charge is 0.497 e. The first-order chi connectivity index (χ1) is 11.1. The van der Waals surface area contributed by atoms with Gasteiger partial charge in [0.1, 0.15) is 11.0 Å². The van der Waals surface area contributed by atoms with E-state index in [1.165, 1.54) is 0 Å². The molecule has 0 radical (unpaired) electrons. The van der Waals surface area contributed by atoms with E-state index < -0.39 is 16.0 Å². The molecule has 0 spiro atoms. The van der Waals surface area contributed by atoms with Gasteiger partial charge < -0.3 is 10.1 Å². The van der Waals surface area contributed by atoms with Crippen LogP contribution in [0.5, 0.6) is 5.75 Å². The summed E-state index contributed by atoms with van der Waals surface area (Å²) >= 11 is 0. The van der Waals surface area contributed by atoms with Gasteiger partial charge in [0.05, 0.1) is 7.11 Å². The Morgan fingerprint density at radius 3 is 2.52 bits per heavy atom. The highest BCUT2D eigenvalue weighted by Gasteiger charge is 2.20. The van der Waals surface area contributed by atoms with Gasteiger partial charge in [-0.2, -0.15) is 0 Å². The third-order valence-electron chi connectivity index (χ3n) is 3.52. The number of hydrogen-bond donors (Lipinski definition) is 1. The number of rotatable bonds is 7. The predicted molar refractivity (Wildman–Crippen MR) is 92.6 cm³/mol. The molecule has 2 rings (SSSR count). The zero-order chi connectivity index (χ0) is 16.7. The van der Waals surface area contributed by atoms with E-state index in [4.69, 9.17) is 4.74 Å². The predicted octanol–water partition coefficient (Wildman–Crippen LogP) is 2.65. The number of carbonyl (C=O) groups excluding carboxylic acids is 1. The zero-order valence-corrected chi connectivity index (χ0v) is 14.1. The van der Waals surface area contributed by atoms with Gasteiger partial charge in [-0.05, 0) is 30.2 Å². The van der Waals surface area contributed by atoms with E-state index >= 15 is 0 Å². The molecular formula is C18H21NO3S. The molecule has 0 aromatic heterocycles. The zero-order valence-electron chi connectivity index (χ0n) is 13.3. The summed E-state index contributed by atoms with van der Waals surface area (Å²) in [6, 6.07) is 17.1. The maximum Gasteiger partial charge on any atom is 0.235 e. The molecule has 1 amide bonds. The molecule has 23 heavy (non-hydrogen) atoms. The maximum atomic E-state index is 12.4. The van der Waals surface area contributed by atoms with Crippen LogP contribution in [0.3, 0.4) is 0 Å². The highest BCUT2D eigenvalue weighted by Crippen LogP contribution is 2.15. The van der Waals surface area contributed by atoms with Gasteiger partial charge in [-0.3, -0.25) is 9.00 Å². The Bertz CT molecular complexity index is 673. The van der Waals surface area contributed by atoms with E-state index in [1.807, 2.05) is 54.6 Å². The van der Waals surface area contributed by atoms with Crippen LogP contribution in [0, 0.1) is 0 Å². The van der Waals surface area contributed by atoms with Crippen molar-refractivity contribution in [3.63, 3.8) is 0 Å². The molecule has 4 nitrogen and oxygen atoms in total. The van der Waals surface area contributed by atoms with Crippen molar-refractivity contribution >= 4 is 16.7 Å². The van der Waals surface area contributed by atoms with E-state index in [9.17, 15) is 9.00 Å². The van der Waals surface area contributed by atoms with Crippen molar-refractivity contribution in [2.75, 3.05) is 7.11 Å². The summed E-state index contributed by atoms with van der Waals surface area (Å²) in [7, 11) is 0.311. The first-order valence-electron chi connectivity index (χ1n) is 7.42. The number of nitrogens with one attached hydrogen (secondary N) is 1. The fraction of sp³-hybridized carbons (Fsp3) is 0.278. The van der Waals surface area contributed by atoms with Crippen LogP contribution in [0.4, 0.5) is 0 Å². The third-order valence-corrected chi connectivity index (χ3v) is 5.14. The Kier molecular flexibility index (Phi) is 6.35. The van der Waals surface area contributed by atoms with Gasteiger partial charge >= 0.3 is 0 Å². The van der Waals surface area contributed by atoms with Gasteiger partial charge in [-0.15, -0.1) is 0 Å². The highest BCUT2D eigenvalue weighted by atomic mass is 32.2. The lowest BCUT2D eigenvalue weighted by Crippen LogP contribution is -2.35. The number of hydrogen-bond acceptors (Lipinski definition) is 3. The summed E-state index contributed by atoms with van der Waals surface area (Å²) < 4.78 is 17.5. The first-order valence-corrected chi connectivity index (χ1v) is 8.80. The molecule has 0 heterocycles. The molecule has 5 heteroatoms. The summed E-state index contributed by atoms with van der Waals surface area (Å²) in [6.45, 7) is 2.14. The minimum atomic E-state index is -1.28. The van der Waals surface area contributed by atoms with Crippen molar-refractivity contribution in [3.05, 3.63) is 65.7 Å². The average molecular weight is 331 g/mol. The molecule has 0 saturated heterocycles. The molecule has 0 aliphatic heterocycles. The van der Waals surface area contributed by atoms with Gasteiger partial charge in [0.25, 0.3) is 0 Å². The minimum Gasteiger partial charge on any atom is -0.497 e. The van der Waals surface area contributed by atoms with Crippen molar-refractivity contribution in [1.29, 1.82) is 0 Å². The molecule has 0 unspecified atom stereocenters. The van der Waals surface area contributed by atoms with Crippen LogP contribution < -0.4 is 10.1 Å². The Morgan fingerprint density at radius 2 is 1.83 bits per heavy atom. The third kappa shape index (κ3) is 5.21.